The van der Waals surface area contributed by atoms with Gasteiger partial charge in [0.1, 0.15) is 6.54 Å². The summed E-state index contributed by atoms with van der Waals surface area (Å²) in [6.07, 6.45) is 2.60. The molecular weight excluding hydrogens is 356 g/mol. The Labute approximate surface area is 166 Å². The van der Waals surface area contributed by atoms with Gasteiger partial charge in [-0.3, -0.25) is 4.79 Å². The number of likely N-dealkylation sites (tertiary alicyclic amines) is 1. The van der Waals surface area contributed by atoms with Gasteiger partial charge in [-0.05, 0) is 17.7 Å². The van der Waals surface area contributed by atoms with E-state index in [0.29, 0.717) is 29.4 Å². The van der Waals surface area contributed by atoms with Gasteiger partial charge >= 0.3 is 0 Å². The maximum Gasteiger partial charge on any atom is 0.255 e. The van der Waals surface area contributed by atoms with Gasteiger partial charge in [-0.2, -0.15) is 0 Å². The van der Waals surface area contributed by atoms with Crippen LogP contribution in [0, 0.1) is 0 Å². The highest BCUT2D eigenvalue weighted by Gasteiger charge is 2.21. The molecule has 2 aromatic carbocycles. The van der Waals surface area contributed by atoms with Crippen molar-refractivity contribution < 1.29 is 23.9 Å². The maximum absolute atomic E-state index is 12.8. The summed E-state index contributed by atoms with van der Waals surface area (Å²) in [5.74, 6) is 1.10. The minimum Gasteiger partial charge on any atom is -0.493 e. The predicted octanol–water partition coefficient (Wildman–Crippen LogP) is 1.82. The lowest BCUT2D eigenvalue weighted by Crippen LogP contribution is -3.08. The Bertz CT molecular complexity index is 816. The van der Waals surface area contributed by atoms with E-state index in [2.05, 4.69) is 23.5 Å². The molecule has 6 heteroatoms. The fourth-order valence-electron chi connectivity index (χ4n) is 3.77. The number of amides is 1. The monoisotopic (exact) mass is 385 g/mol. The van der Waals surface area contributed by atoms with Gasteiger partial charge in [-0.15, -0.1) is 0 Å². The van der Waals surface area contributed by atoms with Crippen LogP contribution in [-0.2, 0) is 13.1 Å². The Morgan fingerprint density at radius 2 is 1.61 bits per heavy atom. The molecule has 3 rings (SSSR count). The van der Waals surface area contributed by atoms with Gasteiger partial charge in [0.15, 0.2) is 11.5 Å². The van der Waals surface area contributed by atoms with E-state index in [1.165, 1.54) is 45.7 Å². The molecule has 1 fully saturated rings. The van der Waals surface area contributed by atoms with E-state index in [9.17, 15) is 4.79 Å². The van der Waals surface area contributed by atoms with Gasteiger partial charge in [-0.25, -0.2) is 0 Å². The van der Waals surface area contributed by atoms with Crippen molar-refractivity contribution in [3.05, 3.63) is 53.1 Å². The largest absolute Gasteiger partial charge is 0.493 e. The fraction of sp³-hybridized carbons (Fsp3) is 0.409. The van der Waals surface area contributed by atoms with Crippen LogP contribution >= 0.6 is 0 Å². The number of rotatable bonds is 8. The van der Waals surface area contributed by atoms with Crippen LogP contribution in [0.5, 0.6) is 17.2 Å². The Kier molecular flexibility index (Phi) is 6.76. The maximum atomic E-state index is 12.8. The van der Waals surface area contributed by atoms with Crippen LogP contribution < -0.4 is 24.4 Å². The highest BCUT2D eigenvalue weighted by Crippen LogP contribution is 2.39. The lowest BCUT2D eigenvalue weighted by atomic mass is 10.1. The van der Waals surface area contributed by atoms with E-state index in [4.69, 9.17) is 14.2 Å². The number of nitrogens with one attached hydrogen (secondary N) is 2. The summed E-state index contributed by atoms with van der Waals surface area (Å²) in [6, 6.07) is 11.7. The van der Waals surface area contributed by atoms with Crippen LogP contribution in [-0.4, -0.2) is 40.3 Å². The van der Waals surface area contributed by atoms with Crippen molar-refractivity contribution in [1.82, 2.24) is 5.32 Å². The minimum atomic E-state index is -0.207. The molecule has 2 aromatic rings. The Hall–Kier alpha value is -2.73. The van der Waals surface area contributed by atoms with Crippen molar-refractivity contribution in [3.8, 4) is 17.2 Å². The second-order valence-corrected chi connectivity index (χ2v) is 6.97. The third-order valence-corrected chi connectivity index (χ3v) is 5.26. The molecule has 0 radical (unpaired) electrons. The number of hydrogen-bond acceptors (Lipinski definition) is 4. The first-order valence-electron chi connectivity index (χ1n) is 9.65. The highest BCUT2D eigenvalue weighted by atomic mass is 16.5. The first kappa shape index (κ1) is 20.0. The van der Waals surface area contributed by atoms with Gasteiger partial charge in [0.2, 0.25) is 5.75 Å². The standard InChI is InChI=1S/C22H28N2O4/c1-26-19-11-10-18(20(27-2)21(19)28-3)22(25)23-14-16-8-4-5-9-17(16)15-24-12-6-7-13-24/h4-5,8-11H,6-7,12-15H2,1-3H3,(H,23,25)/p+1. The van der Waals surface area contributed by atoms with Gasteiger partial charge < -0.3 is 24.4 Å². The molecule has 1 heterocycles. The summed E-state index contributed by atoms with van der Waals surface area (Å²) in [7, 11) is 4.59. The second kappa shape index (κ2) is 9.46. The molecule has 1 aliphatic heterocycles. The van der Waals surface area contributed by atoms with E-state index in [1.807, 2.05) is 6.07 Å². The van der Waals surface area contributed by atoms with Crippen LogP contribution in [0.1, 0.15) is 34.3 Å². The molecule has 0 saturated carbocycles. The van der Waals surface area contributed by atoms with Crippen LogP contribution in [0.25, 0.3) is 0 Å². The Balaban J connectivity index is 1.74. The number of carbonyl (C=O) groups excluding carboxylic acids is 1. The molecule has 0 unspecified atom stereocenters. The molecule has 0 bridgehead atoms. The summed E-state index contributed by atoms with van der Waals surface area (Å²) in [5, 5.41) is 3.02. The molecular formula is C22H29N2O4+. The third kappa shape index (κ3) is 4.39. The molecule has 0 aromatic heterocycles. The number of quaternary nitrogens is 1. The Morgan fingerprint density at radius 1 is 0.929 bits per heavy atom. The molecule has 1 amide bonds. The van der Waals surface area contributed by atoms with E-state index in [-0.39, 0.29) is 5.91 Å². The first-order chi connectivity index (χ1) is 13.7. The zero-order valence-corrected chi connectivity index (χ0v) is 16.8. The molecule has 6 nitrogen and oxygen atoms in total. The topological polar surface area (TPSA) is 61.2 Å². The smallest absolute Gasteiger partial charge is 0.255 e. The molecule has 2 N–H and O–H groups in total. The van der Waals surface area contributed by atoms with Crippen molar-refractivity contribution in [2.75, 3.05) is 34.4 Å². The fourth-order valence-corrected chi connectivity index (χ4v) is 3.77. The molecule has 0 aliphatic carbocycles. The van der Waals surface area contributed by atoms with Crippen molar-refractivity contribution >= 4 is 5.91 Å². The van der Waals surface area contributed by atoms with Gasteiger partial charge in [0, 0.05) is 24.9 Å². The lowest BCUT2D eigenvalue weighted by Gasteiger charge is -2.17. The summed E-state index contributed by atoms with van der Waals surface area (Å²) in [4.78, 5) is 14.4. The second-order valence-electron chi connectivity index (χ2n) is 6.97. The van der Waals surface area contributed by atoms with Gasteiger partial charge in [0.05, 0.1) is 40.0 Å². The average molecular weight is 385 g/mol. The SMILES string of the molecule is COc1ccc(C(=O)NCc2ccccc2C[NH+]2CCCC2)c(OC)c1OC. The first-order valence-corrected chi connectivity index (χ1v) is 9.65. The molecule has 1 aliphatic rings. The molecule has 0 spiro atoms. The quantitative estimate of drug-likeness (QED) is 0.728. The van der Waals surface area contributed by atoms with E-state index in [1.54, 1.807) is 24.1 Å². The third-order valence-electron chi connectivity index (χ3n) is 5.26. The zero-order chi connectivity index (χ0) is 19.9. The Morgan fingerprint density at radius 3 is 2.25 bits per heavy atom. The number of carbonyl (C=O) groups is 1. The summed E-state index contributed by atoms with van der Waals surface area (Å²) < 4.78 is 16.1. The molecule has 150 valence electrons. The number of methoxy groups -OCH3 is 3. The molecule has 0 atom stereocenters. The van der Waals surface area contributed by atoms with E-state index in [0.717, 1.165) is 12.1 Å². The number of benzene rings is 2. The van der Waals surface area contributed by atoms with Gasteiger partial charge in [0.25, 0.3) is 5.91 Å². The lowest BCUT2D eigenvalue weighted by molar-refractivity contribution is -0.901. The average Bonchev–Trinajstić information content (AvgIpc) is 3.24. The molecule has 28 heavy (non-hydrogen) atoms. The summed E-state index contributed by atoms with van der Waals surface area (Å²) in [6.45, 7) is 3.93. The van der Waals surface area contributed by atoms with Crippen molar-refractivity contribution in [2.45, 2.75) is 25.9 Å². The number of ether oxygens (including phenoxy) is 3. The van der Waals surface area contributed by atoms with Crippen molar-refractivity contribution in [2.24, 2.45) is 0 Å². The summed E-state index contributed by atoms with van der Waals surface area (Å²) >= 11 is 0. The number of hydrogen-bond donors (Lipinski definition) is 2. The van der Waals surface area contributed by atoms with Crippen LogP contribution in [0.2, 0.25) is 0 Å². The minimum absolute atomic E-state index is 0.207. The molecule has 1 saturated heterocycles. The zero-order valence-electron chi connectivity index (χ0n) is 16.8. The van der Waals surface area contributed by atoms with Crippen LogP contribution in [0.3, 0.4) is 0 Å². The van der Waals surface area contributed by atoms with Crippen molar-refractivity contribution in [1.29, 1.82) is 0 Å². The highest BCUT2D eigenvalue weighted by molar-refractivity contribution is 5.98. The van der Waals surface area contributed by atoms with Crippen LogP contribution in [0.4, 0.5) is 0 Å². The van der Waals surface area contributed by atoms with E-state index < -0.39 is 0 Å². The predicted molar refractivity (Wildman–Crippen MR) is 107 cm³/mol. The van der Waals surface area contributed by atoms with Gasteiger partial charge in [-0.1, -0.05) is 24.3 Å². The van der Waals surface area contributed by atoms with Crippen molar-refractivity contribution in [3.63, 3.8) is 0 Å². The van der Waals surface area contributed by atoms with Crippen LogP contribution in [0.15, 0.2) is 36.4 Å². The van der Waals surface area contributed by atoms with E-state index >= 15 is 0 Å². The summed E-state index contributed by atoms with van der Waals surface area (Å²) in [5.41, 5.74) is 2.86. The normalized spacial score (nSPS) is 14.0.